The van der Waals surface area contributed by atoms with E-state index in [4.69, 9.17) is 32.2 Å². The van der Waals surface area contributed by atoms with E-state index in [0.29, 0.717) is 0 Å². The van der Waals surface area contributed by atoms with Crippen molar-refractivity contribution in [3.63, 3.8) is 0 Å². The number of benzene rings is 4. The van der Waals surface area contributed by atoms with Gasteiger partial charge in [0, 0.05) is 27.2 Å². The molecule has 0 spiro atoms. The third-order valence-corrected chi connectivity index (χ3v) is 9.14. The molecule has 1 aliphatic rings. The van der Waals surface area contributed by atoms with Gasteiger partial charge in [-0.1, -0.05) is 73.2 Å². The normalized spacial score (nSPS) is 14.2. The minimum Gasteiger partial charge on any atom is -0.399 e. The van der Waals surface area contributed by atoms with Crippen LogP contribution >= 0.6 is 15.9 Å². The van der Waals surface area contributed by atoms with Gasteiger partial charge >= 0.3 is 7.12 Å². The third kappa shape index (κ3) is 8.59. The lowest BCUT2D eigenvalue weighted by Crippen LogP contribution is -2.41. The van der Waals surface area contributed by atoms with Crippen LogP contribution in [0.4, 0.5) is 22.7 Å². The van der Waals surface area contributed by atoms with Crippen molar-refractivity contribution in [1.82, 2.24) is 0 Å². The van der Waals surface area contributed by atoms with Gasteiger partial charge in [0.1, 0.15) is 0 Å². The summed E-state index contributed by atoms with van der Waals surface area (Å²) in [6.07, 6.45) is 0. The van der Waals surface area contributed by atoms with Crippen molar-refractivity contribution >= 4 is 51.3 Å². The van der Waals surface area contributed by atoms with Crippen LogP contribution in [0.25, 0.3) is 11.1 Å². The van der Waals surface area contributed by atoms with Crippen molar-refractivity contribution in [3.8, 4) is 11.1 Å². The Morgan fingerprint density at radius 1 is 0.523 bits per heavy atom. The first-order chi connectivity index (χ1) is 19.6. The molecular formula is C36H52BBrN4O2. The zero-order valence-electron chi connectivity index (χ0n) is 26.0. The van der Waals surface area contributed by atoms with Gasteiger partial charge in [-0.3, -0.25) is 0 Å². The summed E-state index contributed by atoms with van der Waals surface area (Å²) in [5.74, 6) is 0. The molecule has 0 aromatic heterocycles. The van der Waals surface area contributed by atoms with Gasteiger partial charge in [-0.25, -0.2) is 0 Å². The number of hydrogen-bond acceptors (Lipinski definition) is 6. The van der Waals surface area contributed by atoms with Gasteiger partial charge in [0.2, 0.25) is 0 Å². The fourth-order valence-electron chi connectivity index (χ4n) is 4.41. The zero-order valence-corrected chi connectivity index (χ0v) is 27.6. The topological polar surface area (TPSA) is 123 Å². The molecule has 0 amide bonds. The molecule has 238 valence electrons. The third-order valence-electron chi connectivity index (χ3n) is 8.28. The average molecular weight is 664 g/mol. The maximum absolute atomic E-state index is 6.01. The molecule has 8 N–H and O–H groups in total. The number of halogens is 1. The van der Waals surface area contributed by atoms with Crippen LogP contribution in [-0.4, -0.2) is 18.3 Å². The lowest BCUT2D eigenvalue weighted by Gasteiger charge is -2.32. The van der Waals surface area contributed by atoms with E-state index in [9.17, 15) is 0 Å². The Kier molecular flexibility index (Phi) is 13.6. The van der Waals surface area contributed by atoms with Crippen molar-refractivity contribution in [2.75, 3.05) is 22.9 Å². The van der Waals surface area contributed by atoms with Crippen molar-refractivity contribution in [1.29, 1.82) is 0 Å². The largest absolute Gasteiger partial charge is 0.495 e. The highest BCUT2D eigenvalue weighted by Crippen LogP contribution is 2.37. The molecule has 0 aliphatic carbocycles. The van der Waals surface area contributed by atoms with Crippen LogP contribution < -0.4 is 28.4 Å². The molecule has 44 heavy (non-hydrogen) atoms. The van der Waals surface area contributed by atoms with E-state index in [-0.39, 0.29) is 33.2 Å². The summed E-state index contributed by atoms with van der Waals surface area (Å²) in [5.41, 5.74) is 33.7. The van der Waals surface area contributed by atoms with Gasteiger partial charge in [0.05, 0.1) is 11.2 Å². The Morgan fingerprint density at radius 2 is 0.864 bits per heavy atom. The van der Waals surface area contributed by atoms with E-state index in [1.807, 2.05) is 88.4 Å². The Labute approximate surface area is 274 Å². The van der Waals surface area contributed by atoms with E-state index in [1.165, 1.54) is 0 Å². The molecule has 4 aromatic carbocycles. The molecule has 5 rings (SSSR count). The monoisotopic (exact) mass is 662 g/mol. The molecule has 8 heteroatoms. The zero-order chi connectivity index (χ0) is 31.4. The molecule has 0 bridgehead atoms. The highest BCUT2D eigenvalue weighted by molar-refractivity contribution is 9.10. The second kappa shape index (κ2) is 15.5. The van der Waals surface area contributed by atoms with Crippen molar-refractivity contribution in [3.05, 3.63) is 99.5 Å². The summed E-state index contributed by atoms with van der Waals surface area (Å²) in [6, 6.07) is 23.6. The molecule has 0 saturated carbocycles. The molecular weight excluding hydrogens is 611 g/mol. The Balaban J connectivity index is 0.000000337. The van der Waals surface area contributed by atoms with Gasteiger partial charge in [-0.05, 0) is 125 Å². The van der Waals surface area contributed by atoms with Gasteiger partial charge in [0.25, 0.3) is 0 Å². The smallest absolute Gasteiger partial charge is 0.399 e. The maximum Gasteiger partial charge on any atom is 0.495 e. The quantitative estimate of drug-likeness (QED) is 0.126. The van der Waals surface area contributed by atoms with Gasteiger partial charge < -0.3 is 32.2 Å². The molecule has 0 atom stereocenters. The van der Waals surface area contributed by atoms with Crippen LogP contribution in [-0.2, 0) is 9.31 Å². The highest BCUT2D eigenvalue weighted by Gasteiger charge is 2.52. The lowest BCUT2D eigenvalue weighted by atomic mass is 9.76. The van der Waals surface area contributed by atoms with E-state index < -0.39 is 0 Å². The molecule has 1 heterocycles. The number of nitrogens with two attached hydrogens (primary N) is 4. The lowest BCUT2D eigenvalue weighted by molar-refractivity contribution is 0.00578. The molecule has 4 aromatic rings. The van der Waals surface area contributed by atoms with E-state index >= 15 is 0 Å². The van der Waals surface area contributed by atoms with Crippen LogP contribution in [0.3, 0.4) is 0 Å². The average Bonchev–Trinajstić information content (AvgIpc) is 3.14. The minimum absolute atomic E-state index is 0. The molecule has 0 radical (unpaired) electrons. The summed E-state index contributed by atoms with van der Waals surface area (Å²) >= 11 is 3.37. The standard InChI is InChI=1S/C14H16N2.C13H20BNO2.C7H8BrN.2CH4/c1-9-11(5-3-7-13(9)15)12-6-4-8-14(16)10(12)2;1-9-10(7-6-8-11(9)15)14-16-12(2,3)13(4,5)17-14;1-5-6(8)3-2-4-7(5)9;;/h3-8H,15-16H2,1-2H3;6-8H,15H2,1-5H3;2-4H,9H2,1H3;2*1H4. The summed E-state index contributed by atoms with van der Waals surface area (Å²) in [7, 11) is -0.330. The van der Waals surface area contributed by atoms with Crippen LogP contribution in [0, 0.1) is 27.7 Å². The summed E-state index contributed by atoms with van der Waals surface area (Å²) in [4.78, 5) is 0. The van der Waals surface area contributed by atoms with E-state index in [2.05, 4.69) is 55.8 Å². The van der Waals surface area contributed by atoms with Crippen LogP contribution in [0.5, 0.6) is 0 Å². The molecule has 0 unspecified atom stereocenters. The fraction of sp³-hybridized carbons (Fsp3) is 0.333. The van der Waals surface area contributed by atoms with Crippen molar-refractivity contribution in [2.45, 2.75) is 81.4 Å². The molecule has 1 fully saturated rings. The number of rotatable bonds is 2. The Morgan fingerprint density at radius 3 is 1.25 bits per heavy atom. The maximum atomic E-state index is 6.01. The summed E-state index contributed by atoms with van der Waals surface area (Å²) < 4.78 is 13.1. The Bertz CT molecular complexity index is 1470. The first kappa shape index (κ1) is 38.6. The molecule has 1 aliphatic heterocycles. The van der Waals surface area contributed by atoms with Crippen LogP contribution in [0.1, 0.15) is 64.8 Å². The van der Waals surface area contributed by atoms with E-state index in [1.54, 1.807) is 0 Å². The highest BCUT2D eigenvalue weighted by atomic mass is 79.9. The summed E-state index contributed by atoms with van der Waals surface area (Å²) in [6.45, 7) is 16.3. The number of anilines is 4. The van der Waals surface area contributed by atoms with Crippen LogP contribution in [0.15, 0.2) is 77.3 Å². The fourth-order valence-corrected chi connectivity index (χ4v) is 4.79. The number of nitrogen functional groups attached to an aromatic ring is 4. The predicted molar refractivity (Wildman–Crippen MR) is 198 cm³/mol. The predicted octanol–water partition coefficient (Wildman–Crippen LogP) is 8.62. The summed E-state index contributed by atoms with van der Waals surface area (Å²) in [5, 5.41) is 0. The second-order valence-electron chi connectivity index (χ2n) is 11.6. The minimum atomic E-state index is -0.330. The van der Waals surface area contributed by atoms with Gasteiger partial charge in [0.15, 0.2) is 0 Å². The first-order valence-corrected chi connectivity index (χ1v) is 14.8. The van der Waals surface area contributed by atoms with Gasteiger partial charge in [-0.2, -0.15) is 0 Å². The first-order valence-electron chi connectivity index (χ1n) is 14.0. The van der Waals surface area contributed by atoms with Crippen molar-refractivity contribution in [2.24, 2.45) is 0 Å². The van der Waals surface area contributed by atoms with E-state index in [0.717, 1.165) is 66.1 Å². The van der Waals surface area contributed by atoms with Crippen LogP contribution in [0.2, 0.25) is 0 Å². The molecule has 1 saturated heterocycles. The molecule has 6 nitrogen and oxygen atoms in total. The SMILES string of the molecule is C.C.Cc1c(N)cccc1-c1cccc(N)c1C.Cc1c(N)cccc1B1OC(C)(C)C(C)(C)O1.Cc1c(N)cccc1Br. The van der Waals surface area contributed by atoms with Gasteiger partial charge in [-0.15, -0.1) is 0 Å². The second-order valence-corrected chi connectivity index (χ2v) is 12.5. The van der Waals surface area contributed by atoms with Crippen molar-refractivity contribution < 1.29 is 9.31 Å². The Hall–Kier alpha value is -3.46. The number of hydrogen-bond donors (Lipinski definition) is 4.